The fourth-order valence-electron chi connectivity index (χ4n) is 2.07. The lowest BCUT2D eigenvalue weighted by Gasteiger charge is -2.18. The maximum Gasteiger partial charge on any atom is 0.309 e. The first kappa shape index (κ1) is 18.1. The molecule has 1 heterocycles. The van der Waals surface area contributed by atoms with Crippen LogP contribution in [0, 0.1) is 12.3 Å². The van der Waals surface area contributed by atoms with Gasteiger partial charge in [0.1, 0.15) is 5.01 Å². The van der Waals surface area contributed by atoms with Crippen LogP contribution < -0.4 is 5.32 Å². The minimum Gasteiger partial charge on any atom is -0.481 e. The van der Waals surface area contributed by atoms with Crippen molar-refractivity contribution >= 4 is 23.2 Å². The van der Waals surface area contributed by atoms with Crippen molar-refractivity contribution in [1.29, 1.82) is 0 Å². The van der Waals surface area contributed by atoms with Crippen molar-refractivity contribution in [3.63, 3.8) is 0 Å². The molecule has 0 saturated heterocycles. The summed E-state index contributed by atoms with van der Waals surface area (Å²) in [5.74, 6) is -1.00. The molecule has 0 saturated carbocycles. The molecular formula is C18H22N2O3S. The number of nitrogens with one attached hydrogen (secondary N) is 1. The largest absolute Gasteiger partial charge is 0.481 e. The summed E-state index contributed by atoms with van der Waals surface area (Å²) in [7, 11) is 0. The van der Waals surface area contributed by atoms with Crippen molar-refractivity contribution < 1.29 is 14.7 Å². The molecule has 1 amide bonds. The van der Waals surface area contributed by atoms with Crippen molar-refractivity contribution in [3.05, 3.63) is 40.9 Å². The van der Waals surface area contributed by atoms with Gasteiger partial charge in [0.15, 0.2) is 0 Å². The van der Waals surface area contributed by atoms with E-state index in [0.29, 0.717) is 13.0 Å². The van der Waals surface area contributed by atoms with Crippen LogP contribution in [0.15, 0.2) is 29.6 Å². The molecule has 5 nitrogen and oxygen atoms in total. The molecule has 0 fully saturated rings. The van der Waals surface area contributed by atoms with Crippen LogP contribution in [0.3, 0.4) is 0 Å². The monoisotopic (exact) mass is 346 g/mol. The van der Waals surface area contributed by atoms with E-state index in [0.717, 1.165) is 16.3 Å². The molecule has 2 aromatic rings. The number of aryl methyl sites for hydroxylation is 1. The van der Waals surface area contributed by atoms with Crippen LogP contribution >= 0.6 is 11.3 Å². The highest BCUT2D eigenvalue weighted by Gasteiger charge is 2.26. The predicted octanol–water partition coefficient (Wildman–Crippen LogP) is 3.28. The standard InChI is InChI=1S/C18H22N2O3S/c1-12-4-6-13(7-5-12)16-20-14(11-24-16)10-15(21)19-9-8-18(2,3)17(22)23/h4-7,11H,8-10H2,1-3H3,(H,19,21)(H,22,23). The Labute approximate surface area is 145 Å². The molecule has 1 aromatic heterocycles. The number of aliphatic carboxylic acids is 1. The van der Waals surface area contributed by atoms with Gasteiger partial charge in [-0.05, 0) is 27.2 Å². The van der Waals surface area contributed by atoms with E-state index in [9.17, 15) is 9.59 Å². The number of aromatic nitrogens is 1. The Balaban J connectivity index is 1.87. The zero-order valence-electron chi connectivity index (χ0n) is 14.1. The number of amides is 1. The van der Waals surface area contributed by atoms with E-state index in [1.807, 2.05) is 36.6 Å². The van der Waals surface area contributed by atoms with Gasteiger partial charge in [-0.3, -0.25) is 9.59 Å². The van der Waals surface area contributed by atoms with E-state index in [1.165, 1.54) is 16.9 Å². The van der Waals surface area contributed by atoms with Crippen molar-refractivity contribution in [2.45, 2.75) is 33.6 Å². The predicted molar refractivity (Wildman–Crippen MR) is 95.0 cm³/mol. The first-order valence-corrected chi connectivity index (χ1v) is 8.67. The molecule has 128 valence electrons. The van der Waals surface area contributed by atoms with E-state index in [2.05, 4.69) is 10.3 Å². The van der Waals surface area contributed by atoms with Gasteiger partial charge < -0.3 is 10.4 Å². The number of nitrogens with zero attached hydrogens (tertiary/aromatic N) is 1. The van der Waals surface area contributed by atoms with Gasteiger partial charge in [-0.1, -0.05) is 29.8 Å². The number of carboxylic acids is 1. The minimum absolute atomic E-state index is 0.142. The molecule has 1 aromatic carbocycles. The average molecular weight is 346 g/mol. The maximum atomic E-state index is 12.0. The average Bonchev–Trinajstić information content (AvgIpc) is 2.96. The van der Waals surface area contributed by atoms with Crippen molar-refractivity contribution in [1.82, 2.24) is 10.3 Å². The molecule has 0 aliphatic heterocycles. The molecule has 0 aliphatic carbocycles. The summed E-state index contributed by atoms with van der Waals surface area (Å²) in [5, 5.41) is 14.6. The van der Waals surface area contributed by atoms with Crippen LogP contribution in [-0.4, -0.2) is 28.5 Å². The van der Waals surface area contributed by atoms with Crippen LogP contribution in [0.2, 0.25) is 0 Å². The topological polar surface area (TPSA) is 79.3 Å². The smallest absolute Gasteiger partial charge is 0.309 e. The van der Waals surface area contributed by atoms with Crippen molar-refractivity contribution in [2.75, 3.05) is 6.54 Å². The number of carboxylic acid groups (broad SMARTS) is 1. The van der Waals surface area contributed by atoms with Crippen molar-refractivity contribution in [2.24, 2.45) is 5.41 Å². The number of hydrogen-bond donors (Lipinski definition) is 2. The molecule has 0 bridgehead atoms. The van der Waals surface area contributed by atoms with E-state index in [4.69, 9.17) is 5.11 Å². The van der Waals surface area contributed by atoms with Crippen molar-refractivity contribution in [3.8, 4) is 10.6 Å². The van der Waals surface area contributed by atoms with Gasteiger partial charge in [0.2, 0.25) is 5.91 Å². The fourth-order valence-corrected chi connectivity index (χ4v) is 2.89. The highest BCUT2D eigenvalue weighted by atomic mass is 32.1. The van der Waals surface area contributed by atoms with E-state index >= 15 is 0 Å². The lowest BCUT2D eigenvalue weighted by atomic mass is 9.90. The minimum atomic E-state index is -0.862. The van der Waals surface area contributed by atoms with Crippen LogP contribution in [0.4, 0.5) is 0 Å². The van der Waals surface area contributed by atoms with E-state index < -0.39 is 11.4 Å². The quantitative estimate of drug-likeness (QED) is 0.806. The zero-order valence-corrected chi connectivity index (χ0v) is 14.9. The van der Waals surface area contributed by atoms with Crippen LogP contribution in [0.5, 0.6) is 0 Å². The molecule has 2 N–H and O–H groups in total. The number of benzene rings is 1. The Bertz CT molecular complexity index is 720. The Hall–Kier alpha value is -2.21. The van der Waals surface area contributed by atoms with Gasteiger partial charge in [0, 0.05) is 17.5 Å². The van der Waals surface area contributed by atoms with Gasteiger partial charge in [-0.2, -0.15) is 0 Å². The molecule has 0 unspecified atom stereocenters. The number of carbonyl (C=O) groups excluding carboxylic acids is 1. The third-order valence-electron chi connectivity index (χ3n) is 3.84. The molecule has 6 heteroatoms. The van der Waals surface area contributed by atoms with Gasteiger partial charge >= 0.3 is 5.97 Å². The first-order valence-electron chi connectivity index (χ1n) is 7.79. The highest BCUT2D eigenvalue weighted by molar-refractivity contribution is 7.13. The van der Waals surface area contributed by atoms with E-state index in [1.54, 1.807) is 13.8 Å². The third-order valence-corrected chi connectivity index (χ3v) is 4.78. The van der Waals surface area contributed by atoms with Crippen LogP contribution in [0.1, 0.15) is 31.5 Å². The molecule has 0 radical (unpaired) electrons. The number of hydrogen-bond acceptors (Lipinski definition) is 4. The molecule has 2 rings (SSSR count). The highest BCUT2D eigenvalue weighted by Crippen LogP contribution is 2.24. The summed E-state index contributed by atoms with van der Waals surface area (Å²) in [4.78, 5) is 27.5. The van der Waals surface area contributed by atoms with Gasteiger partial charge in [-0.15, -0.1) is 11.3 Å². The zero-order chi connectivity index (χ0) is 17.7. The molecule has 0 aliphatic rings. The Morgan fingerprint density at radius 2 is 1.92 bits per heavy atom. The lowest BCUT2D eigenvalue weighted by molar-refractivity contribution is -0.147. The lowest BCUT2D eigenvalue weighted by Crippen LogP contribution is -2.32. The molecule has 0 atom stereocenters. The Kier molecular flexibility index (Phi) is 5.72. The Morgan fingerprint density at radius 1 is 1.25 bits per heavy atom. The third kappa shape index (κ3) is 4.89. The molecular weight excluding hydrogens is 324 g/mol. The summed E-state index contributed by atoms with van der Waals surface area (Å²) < 4.78 is 0. The number of rotatable bonds is 7. The summed E-state index contributed by atoms with van der Waals surface area (Å²) in [6.07, 6.45) is 0.593. The second kappa shape index (κ2) is 7.57. The summed E-state index contributed by atoms with van der Waals surface area (Å²) in [5.41, 5.74) is 2.12. The summed E-state index contributed by atoms with van der Waals surface area (Å²) in [6.45, 7) is 5.67. The van der Waals surface area contributed by atoms with Crippen LogP contribution in [-0.2, 0) is 16.0 Å². The molecule has 0 spiro atoms. The Morgan fingerprint density at radius 3 is 2.54 bits per heavy atom. The second-order valence-corrected chi connectivity index (χ2v) is 7.33. The fraction of sp³-hybridized carbons (Fsp3) is 0.389. The summed E-state index contributed by atoms with van der Waals surface area (Å²) >= 11 is 1.51. The first-order chi connectivity index (χ1) is 11.3. The van der Waals surface area contributed by atoms with E-state index in [-0.39, 0.29) is 12.3 Å². The second-order valence-electron chi connectivity index (χ2n) is 6.48. The van der Waals surface area contributed by atoms with Gasteiger partial charge in [0.05, 0.1) is 17.5 Å². The normalized spacial score (nSPS) is 11.3. The van der Waals surface area contributed by atoms with Gasteiger partial charge in [0.25, 0.3) is 0 Å². The van der Waals surface area contributed by atoms with Gasteiger partial charge in [-0.25, -0.2) is 4.98 Å². The number of thiazole rings is 1. The van der Waals surface area contributed by atoms with Crippen LogP contribution in [0.25, 0.3) is 10.6 Å². The SMILES string of the molecule is Cc1ccc(-c2nc(CC(=O)NCCC(C)(C)C(=O)O)cs2)cc1. The summed E-state index contributed by atoms with van der Waals surface area (Å²) in [6, 6.07) is 8.11. The molecule has 24 heavy (non-hydrogen) atoms. The number of carbonyl (C=O) groups is 2. The maximum absolute atomic E-state index is 12.0.